The molecule has 1 aliphatic heterocycles. The number of rotatable bonds is 3. The molecule has 0 saturated heterocycles. The lowest BCUT2D eigenvalue weighted by molar-refractivity contribution is -0.0634. The van der Waals surface area contributed by atoms with Gasteiger partial charge in [0.25, 0.3) is 0 Å². The smallest absolute Gasteiger partial charge is 0.217 e. The Morgan fingerprint density at radius 1 is 1.22 bits per heavy atom. The summed E-state index contributed by atoms with van der Waals surface area (Å²) in [5.74, 6) is 0.0740. The number of hydrogen-bond acceptors (Lipinski definition) is 6. The average molecular weight is 455 g/mol. The number of carbonyl (C=O) groups excluding carboxylic acids is 1. The molecule has 1 aliphatic carbocycles. The quantitative estimate of drug-likeness (QED) is 0.644. The largest absolute Gasteiger partial charge is 0.496 e. The molecule has 5 rings (SSSR count). The Bertz CT molecular complexity index is 1240. The molecule has 1 spiro atoms. The molecule has 0 saturated carbocycles. The number of ketones is 1. The number of nitrogens with zero attached hydrogens (tertiary/aromatic N) is 2. The molecule has 3 unspecified atom stereocenters. The molecule has 3 aromatic rings. The van der Waals surface area contributed by atoms with Gasteiger partial charge in [0.05, 0.1) is 25.6 Å². The number of hydrogen-bond donors (Lipinski definition) is 1. The van der Waals surface area contributed by atoms with E-state index in [1.54, 1.807) is 10.7 Å². The molecule has 0 bridgehead atoms. The summed E-state index contributed by atoms with van der Waals surface area (Å²) >= 11 is 6.52. The lowest BCUT2D eigenvalue weighted by Gasteiger charge is -2.40. The Balaban J connectivity index is 1.71. The van der Waals surface area contributed by atoms with Crippen LogP contribution in [0.1, 0.15) is 34.6 Å². The number of aromatic nitrogens is 2. The summed E-state index contributed by atoms with van der Waals surface area (Å²) in [5.41, 5.74) is 1.67. The van der Waals surface area contributed by atoms with Gasteiger partial charge >= 0.3 is 0 Å². The second-order valence-corrected chi connectivity index (χ2v) is 8.61. The monoisotopic (exact) mass is 454 g/mol. The predicted molar refractivity (Wildman–Crippen MR) is 119 cm³/mol. The first-order valence-electron chi connectivity index (χ1n) is 10.3. The van der Waals surface area contributed by atoms with Crippen LogP contribution in [-0.4, -0.2) is 40.5 Å². The number of ether oxygens (including phenoxy) is 3. The van der Waals surface area contributed by atoms with E-state index in [2.05, 4.69) is 5.10 Å². The highest BCUT2D eigenvalue weighted by Crippen LogP contribution is 2.57. The summed E-state index contributed by atoms with van der Waals surface area (Å²) in [4.78, 5) is 13.9. The fourth-order valence-corrected chi connectivity index (χ4v) is 5.29. The lowest BCUT2D eigenvalue weighted by atomic mass is 9.69. The van der Waals surface area contributed by atoms with Crippen molar-refractivity contribution in [3.8, 4) is 28.5 Å². The number of Topliss-reactive ketones (excluding diaryl/α,β-unsaturated/α-hetero) is 1. The number of aliphatic hydroxyl groups excluding tert-OH is 1. The minimum atomic E-state index is -1.55. The van der Waals surface area contributed by atoms with Crippen molar-refractivity contribution < 1.29 is 24.1 Å². The molecule has 1 N–H and O–H groups in total. The molecular formula is C24H23ClN2O5. The van der Waals surface area contributed by atoms with Gasteiger partial charge < -0.3 is 19.3 Å². The van der Waals surface area contributed by atoms with Crippen LogP contribution in [0.4, 0.5) is 0 Å². The Morgan fingerprint density at radius 3 is 2.56 bits per heavy atom. The average Bonchev–Trinajstić information content (AvgIpc) is 3.29. The van der Waals surface area contributed by atoms with Crippen molar-refractivity contribution >= 4 is 17.4 Å². The number of benzene rings is 2. The topological polar surface area (TPSA) is 82.8 Å². The van der Waals surface area contributed by atoms with E-state index in [0.29, 0.717) is 23.5 Å². The highest BCUT2D eigenvalue weighted by molar-refractivity contribution is 6.35. The van der Waals surface area contributed by atoms with E-state index < -0.39 is 11.7 Å². The van der Waals surface area contributed by atoms with Gasteiger partial charge in [-0.15, -0.1) is 0 Å². The Hall–Kier alpha value is -3.03. The van der Waals surface area contributed by atoms with E-state index in [0.717, 1.165) is 17.0 Å². The minimum absolute atomic E-state index is 0.173. The molecule has 8 heteroatoms. The zero-order valence-electron chi connectivity index (χ0n) is 18.2. The van der Waals surface area contributed by atoms with E-state index in [9.17, 15) is 9.90 Å². The van der Waals surface area contributed by atoms with Crippen molar-refractivity contribution in [1.29, 1.82) is 0 Å². The third-order valence-electron chi connectivity index (χ3n) is 6.56. The van der Waals surface area contributed by atoms with E-state index in [1.165, 1.54) is 14.2 Å². The van der Waals surface area contributed by atoms with Crippen LogP contribution in [-0.2, 0) is 13.5 Å². The van der Waals surface area contributed by atoms with Gasteiger partial charge in [-0.05, 0) is 6.42 Å². The Labute approximate surface area is 190 Å². The van der Waals surface area contributed by atoms with Crippen molar-refractivity contribution in [1.82, 2.24) is 9.78 Å². The molecule has 7 nitrogen and oxygen atoms in total. The number of halogens is 1. The summed E-state index contributed by atoms with van der Waals surface area (Å²) < 4.78 is 18.9. The normalized spacial score (nSPS) is 23.6. The summed E-state index contributed by atoms with van der Waals surface area (Å²) in [6.45, 7) is 1.88. The van der Waals surface area contributed by atoms with Gasteiger partial charge in [-0.25, -0.2) is 0 Å². The van der Waals surface area contributed by atoms with Crippen molar-refractivity contribution in [2.24, 2.45) is 13.0 Å². The van der Waals surface area contributed by atoms with E-state index >= 15 is 0 Å². The highest BCUT2D eigenvalue weighted by Gasteiger charge is 2.62. The predicted octanol–water partition coefficient (Wildman–Crippen LogP) is 4.00. The van der Waals surface area contributed by atoms with Gasteiger partial charge in [0.1, 0.15) is 28.2 Å². The summed E-state index contributed by atoms with van der Waals surface area (Å²) in [6, 6.07) is 11.2. The number of aliphatic hydroxyl groups is 1. The van der Waals surface area contributed by atoms with Gasteiger partial charge in [0.2, 0.25) is 11.4 Å². The Morgan fingerprint density at radius 2 is 1.91 bits per heavy atom. The van der Waals surface area contributed by atoms with Crippen LogP contribution in [0.3, 0.4) is 0 Å². The third-order valence-corrected chi connectivity index (χ3v) is 6.92. The van der Waals surface area contributed by atoms with Crippen LogP contribution in [0.2, 0.25) is 5.02 Å². The van der Waals surface area contributed by atoms with E-state index in [-0.39, 0.29) is 28.0 Å². The highest BCUT2D eigenvalue weighted by atomic mass is 35.5. The van der Waals surface area contributed by atoms with E-state index in [4.69, 9.17) is 25.8 Å². The number of aryl methyl sites for hydroxylation is 1. The van der Waals surface area contributed by atoms with Crippen molar-refractivity contribution in [3.05, 3.63) is 58.2 Å². The van der Waals surface area contributed by atoms with Crippen LogP contribution in [0.5, 0.6) is 17.2 Å². The molecule has 1 aromatic heterocycles. The number of fused-ring (bicyclic) bond motifs is 2. The van der Waals surface area contributed by atoms with Crippen LogP contribution in [0.15, 0.2) is 36.4 Å². The van der Waals surface area contributed by atoms with Crippen molar-refractivity contribution in [2.75, 3.05) is 14.2 Å². The van der Waals surface area contributed by atoms with Crippen LogP contribution < -0.4 is 14.2 Å². The lowest BCUT2D eigenvalue weighted by Crippen LogP contribution is -2.54. The molecule has 2 aliphatic rings. The molecule has 3 atom stereocenters. The van der Waals surface area contributed by atoms with Crippen LogP contribution in [0.25, 0.3) is 11.3 Å². The summed E-state index contributed by atoms with van der Waals surface area (Å²) in [7, 11) is 4.78. The zero-order chi connectivity index (χ0) is 22.8. The van der Waals surface area contributed by atoms with Crippen molar-refractivity contribution in [2.45, 2.75) is 25.0 Å². The fourth-order valence-electron chi connectivity index (χ4n) is 5.02. The molecular weight excluding hydrogens is 432 g/mol. The fraction of sp³-hybridized carbons (Fsp3) is 0.333. The van der Waals surface area contributed by atoms with Crippen molar-refractivity contribution in [3.63, 3.8) is 0 Å². The molecule has 2 heterocycles. The maximum absolute atomic E-state index is 13.9. The van der Waals surface area contributed by atoms with Gasteiger partial charge in [-0.1, -0.05) is 48.9 Å². The molecule has 0 radical (unpaired) electrons. The standard InChI is InChI=1S/C24H23ClN2O5/c1-12-10-14-17(20(27(2)26-14)13-8-6-5-7-9-13)22(28)24(12)23(29)18-15(30-3)11-16(31-4)19(25)21(18)32-24/h5-9,11-12,22,28H,10H2,1-4H3. The SMILES string of the molecule is COc1cc(OC)c2c(c1Cl)OC1(C2=O)C(C)Cc2nn(C)c(-c3ccccc3)c2C1O. The van der Waals surface area contributed by atoms with Gasteiger partial charge in [-0.3, -0.25) is 9.48 Å². The van der Waals surface area contributed by atoms with Crippen LogP contribution >= 0.6 is 11.6 Å². The van der Waals surface area contributed by atoms with Gasteiger partial charge in [-0.2, -0.15) is 5.10 Å². The van der Waals surface area contributed by atoms with Crippen LogP contribution in [0, 0.1) is 5.92 Å². The third kappa shape index (κ3) is 2.58. The molecule has 0 amide bonds. The zero-order valence-corrected chi connectivity index (χ0v) is 18.9. The maximum atomic E-state index is 13.9. The second kappa shape index (κ2) is 7.25. The first-order valence-corrected chi connectivity index (χ1v) is 10.7. The second-order valence-electron chi connectivity index (χ2n) is 8.23. The summed E-state index contributed by atoms with van der Waals surface area (Å²) in [6.07, 6.45) is -0.791. The summed E-state index contributed by atoms with van der Waals surface area (Å²) in [5, 5.41) is 16.6. The maximum Gasteiger partial charge on any atom is 0.217 e. The Kier molecular flexibility index (Phi) is 4.72. The molecule has 2 aromatic carbocycles. The number of methoxy groups -OCH3 is 2. The molecule has 32 heavy (non-hydrogen) atoms. The van der Waals surface area contributed by atoms with E-state index in [1.807, 2.05) is 44.3 Å². The first-order chi connectivity index (χ1) is 15.3. The molecule has 166 valence electrons. The molecule has 0 fully saturated rings. The number of carbonyl (C=O) groups is 1. The van der Waals surface area contributed by atoms with Gasteiger partial charge in [0.15, 0.2) is 5.75 Å². The van der Waals surface area contributed by atoms with Gasteiger partial charge in [0, 0.05) is 30.2 Å². The minimum Gasteiger partial charge on any atom is -0.496 e. The first kappa shape index (κ1) is 20.8.